The molecule has 0 aliphatic carbocycles. The highest BCUT2D eigenvalue weighted by Gasteiger charge is 2.07. The molecule has 0 saturated carbocycles. The SMILES string of the molecule is Cc1ccccc1SCC(=O)NCC(=O)NC(C)C. The van der Waals surface area contributed by atoms with Gasteiger partial charge in [0.05, 0.1) is 12.3 Å². The molecule has 0 bridgehead atoms. The molecule has 1 aromatic rings. The first-order chi connectivity index (χ1) is 8.99. The van der Waals surface area contributed by atoms with E-state index >= 15 is 0 Å². The summed E-state index contributed by atoms with van der Waals surface area (Å²) < 4.78 is 0. The molecule has 0 fully saturated rings. The fourth-order valence-corrected chi connectivity index (χ4v) is 2.32. The Kier molecular flexibility index (Phi) is 6.42. The van der Waals surface area contributed by atoms with Crippen LogP contribution < -0.4 is 10.6 Å². The van der Waals surface area contributed by atoms with Gasteiger partial charge in [0.25, 0.3) is 0 Å². The maximum absolute atomic E-state index is 11.6. The Hall–Kier alpha value is -1.49. The van der Waals surface area contributed by atoms with Gasteiger partial charge in [-0.1, -0.05) is 18.2 Å². The maximum Gasteiger partial charge on any atom is 0.239 e. The van der Waals surface area contributed by atoms with E-state index in [-0.39, 0.29) is 24.4 Å². The lowest BCUT2D eigenvalue weighted by molar-refractivity contribution is -0.125. The van der Waals surface area contributed by atoms with Gasteiger partial charge in [0, 0.05) is 10.9 Å². The number of hydrogen-bond acceptors (Lipinski definition) is 3. The van der Waals surface area contributed by atoms with Crippen molar-refractivity contribution in [2.45, 2.75) is 31.7 Å². The molecular weight excluding hydrogens is 260 g/mol. The van der Waals surface area contributed by atoms with Crippen LogP contribution in [0.5, 0.6) is 0 Å². The van der Waals surface area contributed by atoms with E-state index in [4.69, 9.17) is 0 Å². The summed E-state index contributed by atoms with van der Waals surface area (Å²) in [5, 5.41) is 5.33. The van der Waals surface area contributed by atoms with E-state index < -0.39 is 0 Å². The number of rotatable bonds is 6. The van der Waals surface area contributed by atoms with Gasteiger partial charge in [-0.25, -0.2) is 0 Å². The Morgan fingerprint density at radius 2 is 1.89 bits per heavy atom. The lowest BCUT2D eigenvalue weighted by Crippen LogP contribution is -2.40. The average Bonchev–Trinajstić information content (AvgIpc) is 2.34. The summed E-state index contributed by atoms with van der Waals surface area (Å²) in [5.74, 6) is 0.0243. The molecule has 0 aliphatic rings. The zero-order chi connectivity index (χ0) is 14.3. The highest BCUT2D eigenvalue weighted by molar-refractivity contribution is 8.00. The summed E-state index contributed by atoms with van der Waals surface area (Å²) in [4.78, 5) is 24.0. The minimum atomic E-state index is -0.163. The van der Waals surface area contributed by atoms with Crippen LogP contribution in [0.1, 0.15) is 19.4 Å². The number of carbonyl (C=O) groups excluding carboxylic acids is 2. The van der Waals surface area contributed by atoms with Crippen LogP contribution in [-0.2, 0) is 9.59 Å². The second kappa shape index (κ2) is 7.84. The molecule has 0 saturated heterocycles. The summed E-state index contributed by atoms with van der Waals surface area (Å²) >= 11 is 1.48. The molecule has 19 heavy (non-hydrogen) atoms. The van der Waals surface area contributed by atoms with Crippen molar-refractivity contribution >= 4 is 23.6 Å². The second-order valence-corrected chi connectivity index (χ2v) is 5.57. The highest BCUT2D eigenvalue weighted by Crippen LogP contribution is 2.21. The molecule has 1 rings (SSSR count). The molecule has 104 valence electrons. The van der Waals surface area contributed by atoms with Crippen molar-refractivity contribution in [3.05, 3.63) is 29.8 Å². The number of nitrogens with one attached hydrogen (secondary N) is 2. The summed E-state index contributed by atoms with van der Waals surface area (Å²) in [5.41, 5.74) is 1.15. The molecule has 0 aromatic heterocycles. The molecule has 0 heterocycles. The van der Waals surface area contributed by atoms with E-state index in [2.05, 4.69) is 10.6 Å². The lowest BCUT2D eigenvalue weighted by Gasteiger charge is -2.09. The third-order valence-electron chi connectivity index (χ3n) is 2.35. The molecule has 1 aromatic carbocycles. The lowest BCUT2D eigenvalue weighted by atomic mass is 10.2. The van der Waals surface area contributed by atoms with Crippen LogP contribution in [-0.4, -0.2) is 30.2 Å². The van der Waals surface area contributed by atoms with Crippen molar-refractivity contribution in [3.63, 3.8) is 0 Å². The van der Waals surface area contributed by atoms with E-state index in [1.54, 1.807) is 0 Å². The van der Waals surface area contributed by atoms with E-state index in [1.165, 1.54) is 11.8 Å². The quantitative estimate of drug-likeness (QED) is 0.780. The molecule has 5 heteroatoms. The van der Waals surface area contributed by atoms with Crippen LogP contribution in [0, 0.1) is 6.92 Å². The van der Waals surface area contributed by atoms with E-state index in [9.17, 15) is 9.59 Å². The predicted octanol–water partition coefficient (Wildman–Crippen LogP) is 1.73. The minimum Gasteiger partial charge on any atom is -0.352 e. The number of hydrogen-bond donors (Lipinski definition) is 2. The van der Waals surface area contributed by atoms with Gasteiger partial charge < -0.3 is 10.6 Å². The zero-order valence-corrected chi connectivity index (χ0v) is 12.3. The van der Waals surface area contributed by atoms with Gasteiger partial charge in [-0.2, -0.15) is 0 Å². The van der Waals surface area contributed by atoms with Crippen molar-refractivity contribution in [3.8, 4) is 0 Å². The van der Waals surface area contributed by atoms with Crippen molar-refractivity contribution in [1.29, 1.82) is 0 Å². The maximum atomic E-state index is 11.6. The molecule has 0 radical (unpaired) electrons. The standard InChI is InChI=1S/C14H20N2O2S/c1-10(2)16-13(17)8-15-14(18)9-19-12-7-5-4-6-11(12)3/h4-7,10H,8-9H2,1-3H3,(H,15,18)(H,16,17). The number of thioether (sulfide) groups is 1. The Balaban J connectivity index is 2.29. The van der Waals surface area contributed by atoms with Crippen LogP contribution in [0.2, 0.25) is 0 Å². The minimum absolute atomic E-state index is 0.0331. The smallest absolute Gasteiger partial charge is 0.239 e. The third kappa shape index (κ3) is 6.29. The first-order valence-electron chi connectivity index (χ1n) is 6.23. The number of carbonyl (C=O) groups is 2. The summed E-state index contributed by atoms with van der Waals surface area (Å²) in [6.07, 6.45) is 0. The van der Waals surface area contributed by atoms with Crippen LogP contribution >= 0.6 is 11.8 Å². The largest absolute Gasteiger partial charge is 0.352 e. The van der Waals surface area contributed by atoms with Crippen LogP contribution in [0.3, 0.4) is 0 Å². The molecule has 0 unspecified atom stereocenters. The summed E-state index contributed by atoms with van der Waals surface area (Å²) in [6, 6.07) is 8.00. The van der Waals surface area contributed by atoms with Crippen LogP contribution in [0.15, 0.2) is 29.2 Å². The van der Waals surface area contributed by atoms with E-state index in [1.807, 2.05) is 45.0 Å². The van der Waals surface area contributed by atoms with E-state index in [0.29, 0.717) is 5.75 Å². The van der Waals surface area contributed by atoms with Gasteiger partial charge in [0.1, 0.15) is 0 Å². The summed E-state index contributed by atoms with van der Waals surface area (Å²) in [6.45, 7) is 5.81. The summed E-state index contributed by atoms with van der Waals surface area (Å²) in [7, 11) is 0. The molecule has 0 aliphatic heterocycles. The molecular formula is C14H20N2O2S. The first-order valence-corrected chi connectivity index (χ1v) is 7.22. The van der Waals surface area contributed by atoms with Crippen molar-refractivity contribution in [1.82, 2.24) is 10.6 Å². The van der Waals surface area contributed by atoms with Gasteiger partial charge in [-0.3, -0.25) is 9.59 Å². The highest BCUT2D eigenvalue weighted by atomic mass is 32.2. The molecule has 0 spiro atoms. The van der Waals surface area contributed by atoms with Gasteiger partial charge in [0.2, 0.25) is 11.8 Å². The Labute approximate surface area is 118 Å². The predicted molar refractivity (Wildman–Crippen MR) is 78.2 cm³/mol. The number of aryl methyl sites for hydroxylation is 1. The third-order valence-corrected chi connectivity index (χ3v) is 3.52. The van der Waals surface area contributed by atoms with Crippen molar-refractivity contribution in [2.75, 3.05) is 12.3 Å². The number of amides is 2. The van der Waals surface area contributed by atoms with Gasteiger partial charge in [-0.05, 0) is 32.4 Å². The average molecular weight is 280 g/mol. The second-order valence-electron chi connectivity index (χ2n) is 4.55. The monoisotopic (exact) mass is 280 g/mol. The molecule has 2 amide bonds. The number of benzene rings is 1. The molecule has 4 nitrogen and oxygen atoms in total. The Morgan fingerprint density at radius 3 is 2.53 bits per heavy atom. The van der Waals surface area contributed by atoms with Gasteiger partial charge >= 0.3 is 0 Å². The van der Waals surface area contributed by atoms with E-state index in [0.717, 1.165) is 10.5 Å². The van der Waals surface area contributed by atoms with Gasteiger partial charge in [0.15, 0.2) is 0 Å². The topological polar surface area (TPSA) is 58.2 Å². The van der Waals surface area contributed by atoms with Crippen molar-refractivity contribution in [2.24, 2.45) is 0 Å². The fourth-order valence-electron chi connectivity index (χ4n) is 1.46. The zero-order valence-electron chi connectivity index (χ0n) is 11.5. The van der Waals surface area contributed by atoms with Crippen LogP contribution in [0.25, 0.3) is 0 Å². The van der Waals surface area contributed by atoms with Crippen LogP contribution in [0.4, 0.5) is 0 Å². The normalized spacial score (nSPS) is 10.3. The van der Waals surface area contributed by atoms with Gasteiger partial charge in [-0.15, -0.1) is 11.8 Å². The Bertz CT molecular complexity index is 447. The first kappa shape index (κ1) is 15.6. The molecule has 2 N–H and O–H groups in total. The Morgan fingerprint density at radius 1 is 1.21 bits per heavy atom. The van der Waals surface area contributed by atoms with Crippen molar-refractivity contribution < 1.29 is 9.59 Å². The molecule has 0 atom stereocenters. The fraction of sp³-hybridized carbons (Fsp3) is 0.429.